The first-order valence-corrected chi connectivity index (χ1v) is 12.7. The van der Waals surface area contributed by atoms with E-state index in [2.05, 4.69) is 5.32 Å². The first-order chi connectivity index (χ1) is 14.6. The second kappa shape index (κ2) is 9.93. The van der Waals surface area contributed by atoms with Gasteiger partial charge in [0, 0.05) is 36.2 Å². The number of halogens is 1. The Bertz CT molecular complexity index is 1090. The molecule has 1 atom stereocenters. The summed E-state index contributed by atoms with van der Waals surface area (Å²) < 4.78 is 28.8. The van der Waals surface area contributed by atoms with Crippen molar-refractivity contribution in [2.45, 2.75) is 27.9 Å². The number of hydrogen-bond acceptors (Lipinski definition) is 6. The van der Waals surface area contributed by atoms with E-state index in [0.29, 0.717) is 36.0 Å². The molecule has 0 saturated heterocycles. The lowest BCUT2D eigenvalue weighted by Crippen LogP contribution is -2.36. The third kappa shape index (κ3) is 6.38. The van der Waals surface area contributed by atoms with Gasteiger partial charge in [-0.2, -0.15) is 0 Å². The summed E-state index contributed by atoms with van der Waals surface area (Å²) in [6.07, 6.45) is 1.80. The monoisotopic (exact) mass is 482 g/mol. The van der Waals surface area contributed by atoms with Crippen LogP contribution in [0.2, 0.25) is 5.02 Å². The van der Waals surface area contributed by atoms with Crippen LogP contribution in [0.1, 0.15) is 12.8 Å². The zero-order chi connectivity index (χ0) is 22.6. The number of nitrogens with zero attached hydrogens (tertiary/aromatic N) is 1. The molecule has 0 fully saturated rings. The van der Waals surface area contributed by atoms with E-state index in [9.17, 15) is 18.0 Å². The van der Waals surface area contributed by atoms with Gasteiger partial charge >= 0.3 is 0 Å². The molecule has 0 bridgehead atoms. The van der Waals surface area contributed by atoms with Crippen LogP contribution in [0.3, 0.4) is 0 Å². The van der Waals surface area contributed by atoms with E-state index in [4.69, 9.17) is 16.3 Å². The van der Waals surface area contributed by atoms with Crippen molar-refractivity contribution in [3.8, 4) is 5.75 Å². The molecule has 3 rings (SSSR count). The molecule has 0 radical (unpaired) electrons. The Morgan fingerprint density at radius 1 is 1.26 bits per heavy atom. The van der Waals surface area contributed by atoms with Crippen LogP contribution in [-0.4, -0.2) is 56.8 Å². The molecule has 31 heavy (non-hydrogen) atoms. The highest BCUT2D eigenvalue weighted by Crippen LogP contribution is 2.38. The summed E-state index contributed by atoms with van der Waals surface area (Å²) in [4.78, 5) is 27.5. The zero-order valence-corrected chi connectivity index (χ0v) is 19.5. The highest BCUT2D eigenvalue weighted by molar-refractivity contribution is 8.01. The maximum Gasteiger partial charge on any atom is 0.238 e. The van der Waals surface area contributed by atoms with E-state index in [0.717, 1.165) is 11.2 Å². The topological polar surface area (TPSA) is 92.8 Å². The maximum atomic E-state index is 12.5. The predicted octanol–water partition coefficient (Wildman–Crippen LogP) is 3.47. The van der Waals surface area contributed by atoms with Gasteiger partial charge in [-0.15, -0.1) is 11.8 Å². The summed E-state index contributed by atoms with van der Waals surface area (Å²) in [7, 11) is -1.61. The molecule has 7 nitrogen and oxygen atoms in total. The van der Waals surface area contributed by atoms with Crippen LogP contribution in [0.25, 0.3) is 0 Å². The van der Waals surface area contributed by atoms with Crippen LogP contribution in [0.5, 0.6) is 5.75 Å². The molecule has 10 heteroatoms. The third-order valence-electron chi connectivity index (χ3n) is 4.69. The highest BCUT2D eigenvalue weighted by atomic mass is 35.5. The van der Waals surface area contributed by atoms with Crippen LogP contribution in [0.15, 0.2) is 52.3 Å². The van der Waals surface area contributed by atoms with Crippen LogP contribution >= 0.6 is 23.4 Å². The average molecular weight is 483 g/mol. The molecular weight excluding hydrogens is 460 g/mol. The van der Waals surface area contributed by atoms with Gasteiger partial charge in [-0.3, -0.25) is 9.59 Å². The Labute approximate surface area is 191 Å². The minimum Gasteiger partial charge on any atom is -0.493 e. The number of anilines is 1. The van der Waals surface area contributed by atoms with Crippen LogP contribution < -0.4 is 10.1 Å². The Kier molecular flexibility index (Phi) is 7.51. The Morgan fingerprint density at radius 2 is 2.03 bits per heavy atom. The van der Waals surface area contributed by atoms with Gasteiger partial charge in [-0.25, -0.2) is 8.42 Å². The number of benzene rings is 2. The number of carbonyl (C=O) groups excluding carboxylic acids is 2. The minimum atomic E-state index is -3.29. The van der Waals surface area contributed by atoms with E-state index < -0.39 is 15.1 Å². The molecule has 1 unspecified atom stereocenters. The van der Waals surface area contributed by atoms with Crippen molar-refractivity contribution in [3.63, 3.8) is 0 Å². The lowest BCUT2D eigenvalue weighted by molar-refractivity contribution is -0.131. The lowest BCUT2D eigenvalue weighted by Gasteiger charge is -2.25. The van der Waals surface area contributed by atoms with Crippen LogP contribution in [-0.2, 0) is 19.4 Å². The first kappa shape index (κ1) is 23.4. The molecule has 166 valence electrons. The van der Waals surface area contributed by atoms with E-state index in [1.807, 2.05) is 6.07 Å². The SMILES string of the molecule is CN(CCCOc1cccc(S(C)(=O)=O)c1)C(=O)CC1Sc2ccc(Cl)cc2NC1=O. The number of nitrogens with one attached hydrogen (secondary N) is 1. The number of rotatable bonds is 8. The van der Waals surface area contributed by atoms with Crippen molar-refractivity contribution in [2.24, 2.45) is 0 Å². The maximum absolute atomic E-state index is 12.5. The molecule has 2 aromatic rings. The van der Waals surface area contributed by atoms with Gasteiger partial charge in [0.2, 0.25) is 11.8 Å². The van der Waals surface area contributed by atoms with Crippen molar-refractivity contribution in [2.75, 3.05) is 31.8 Å². The Balaban J connectivity index is 1.46. The number of ether oxygens (including phenoxy) is 1. The lowest BCUT2D eigenvalue weighted by atomic mass is 10.2. The standard InChI is InChI=1S/C21H23ClN2O5S2/c1-24(9-4-10-29-15-5-3-6-16(12-15)31(2,27)28)20(25)13-19-21(26)23-17-11-14(22)7-8-18(17)30-19/h3,5-8,11-12,19H,4,9-10,13H2,1-2H3,(H,23,26). The van der Waals surface area contributed by atoms with E-state index in [1.54, 1.807) is 36.2 Å². The molecule has 1 aliphatic rings. The summed E-state index contributed by atoms with van der Waals surface area (Å²) in [6, 6.07) is 11.6. The van der Waals surface area contributed by atoms with Crippen molar-refractivity contribution in [3.05, 3.63) is 47.5 Å². The molecule has 0 saturated carbocycles. The first-order valence-electron chi connectivity index (χ1n) is 9.57. The zero-order valence-electron chi connectivity index (χ0n) is 17.1. The largest absolute Gasteiger partial charge is 0.493 e. The molecule has 0 aromatic heterocycles. The number of thioether (sulfide) groups is 1. The fourth-order valence-corrected chi connectivity index (χ4v) is 4.89. The van der Waals surface area contributed by atoms with Gasteiger partial charge in [0.1, 0.15) is 5.75 Å². The number of fused-ring (bicyclic) bond motifs is 1. The second-order valence-electron chi connectivity index (χ2n) is 7.20. The minimum absolute atomic E-state index is 0.0896. The van der Waals surface area contributed by atoms with E-state index in [1.165, 1.54) is 23.9 Å². The summed E-state index contributed by atoms with van der Waals surface area (Å²) >= 11 is 7.31. The van der Waals surface area contributed by atoms with Crippen LogP contribution in [0, 0.1) is 0 Å². The van der Waals surface area contributed by atoms with E-state index in [-0.39, 0.29) is 23.1 Å². The number of amides is 2. The van der Waals surface area contributed by atoms with Gasteiger partial charge < -0.3 is 15.0 Å². The highest BCUT2D eigenvalue weighted by Gasteiger charge is 2.30. The molecule has 2 aromatic carbocycles. The van der Waals surface area contributed by atoms with Crippen LogP contribution in [0.4, 0.5) is 5.69 Å². The molecule has 0 spiro atoms. The van der Waals surface area contributed by atoms with Gasteiger partial charge in [0.05, 0.1) is 22.4 Å². The fourth-order valence-electron chi connectivity index (χ4n) is 2.98. The van der Waals surface area contributed by atoms with Gasteiger partial charge in [-0.1, -0.05) is 17.7 Å². The van der Waals surface area contributed by atoms with E-state index >= 15 is 0 Å². The average Bonchev–Trinajstić information content (AvgIpc) is 2.71. The van der Waals surface area contributed by atoms with Crippen molar-refractivity contribution in [1.29, 1.82) is 0 Å². The van der Waals surface area contributed by atoms with Crippen molar-refractivity contribution < 1.29 is 22.7 Å². The molecule has 1 heterocycles. The number of sulfone groups is 1. The molecular formula is C21H23ClN2O5S2. The third-order valence-corrected chi connectivity index (χ3v) is 7.31. The number of carbonyl (C=O) groups is 2. The Hall–Kier alpha value is -2.23. The number of hydrogen-bond donors (Lipinski definition) is 1. The fraction of sp³-hybridized carbons (Fsp3) is 0.333. The van der Waals surface area contributed by atoms with Crippen molar-refractivity contribution in [1.82, 2.24) is 4.90 Å². The predicted molar refractivity (Wildman–Crippen MR) is 122 cm³/mol. The normalized spacial score (nSPS) is 15.7. The quantitative estimate of drug-likeness (QED) is 0.579. The Morgan fingerprint density at radius 3 is 2.77 bits per heavy atom. The van der Waals surface area contributed by atoms with Crippen molar-refractivity contribution >= 4 is 50.7 Å². The molecule has 1 aliphatic heterocycles. The molecule has 2 amide bonds. The summed E-state index contributed by atoms with van der Waals surface area (Å²) in [5, 5.41) is 2.84. The van der Waals surface area contributed by atoms with Gasteiger partial charge in [-0.05, 0) is 42.8 Å². The van der Waals surface area contributed by atoms with Gasteiger partial charge in [0.25, 0.3) is 0 Å². The molecule has 0 aliphatic carbocycles. The summed E-state index contributed by atoms with van der Waals surface area (Å²) in [6.45, 7) is 0.785. The summed E-state index contributed by atoms with van der Waals surface area (Å²) in [5.41, 5.74) is 0.664. The van der Waals surface area contributed by atoms with Gasteiger partial charge in [0.15, 0.2) is 9.84 Å². The second-order valence-corrected chi connectivity index (χ2v) is 10.9. The molecule has 1 N–H and O–H groups in total. The smallest absolute Gasteiger partial charge is 0.238 e. The summed E-state index contributed by atoms with van der Waals surface area (Å²) in [5.74, 6) is 0.116.